The Hall–Kier alpha value is -0.680. The number of benzene rings is 1. The van der Waals surface area contributed by atoms with Crippen molar-refractivity contribution in [3.8, 4) is 5.75 Å². The zero-order chi connectivity index (χ0) is 13.1. The van der Waals surface area contributed by atoms with Gasteiger partial charge in [0.2, 0.25) is 0 Å². The van der Waals surface area contributed by atoms with Gasteiger partial charge in [-0.05, 0) is 47.8 Å². The maximum absolute atomic E-state index is 13.9. The van der Waals surface area contributed by atoms with Gasteiger partial charge in [-0.1, -0.05) is 6.42 Å². The van der Waals surface area contributed by atoms with E-state index in [2.05, 4.69) is 21.2 Å². The summed E-state index contributed by atoms with van der Waals surface area (Å²) in [5, 5.41) is 3.33. The summed E-state index contributed by atoms with van der Waals surface area (Å²) in [5.74, 6) is -1.25. The third kappa shape index (κ3) is 2.83. The first kappa shape index (κ1) is 13.7. The first-order valence-electron chi connectivity index (χ1n) is 6.07. The van der Waals surface area contributed by atoms with Gasteiger partial charge in [0, 0.05) is 11.6 Å². The molecule has 0 aliphatic carbocycles. The van der Waals surface area contributed by atoms with E-state index < -0.39 is 11.6 Å². The second-order valence-corrected chi connectivity index (χ2v) is 5.37. The van der Waals surface area contributed by atoms with Gasteiger partial charge in [-0.25, -0.2) is 8.78 Å². The van der Waals surface area contributed by atoms with E-state index in [4.69, 9.17) is 4.74 Å². The van der Waals surface area contributed by atoms with E-state index in [-0.39, 0.29) is 6.04 Å². The van der Waals surface area contributed by atoms with E-state index >= 15 is 0 Å². The van der Waals surface area contributed by atoms with Gasteiger partial charge in [0.15, 0.2) is 11.6 Å². The Morgan fingerprint density at radius 2 is 2.22 bits per heavy atom. The molecule has 0 aromatic heterocycles. The molecule has 1 unspecified atom stereocenters. The smallest absolute Gasteiger partial charge is 0.165 e. The van der Waals surface area contributed by atoms with Crippen LogP contribution in [0.1, 0.15) is 24.8 Å². The van der Waals surface area contributed by atoms with E-state index in [1.165, 1.54) is 7.11 Å². The molecule has 2 nitrogen and oxygen atoms in total. The molecule has 0 amide bonds. The number of piperidine rings is 1. The minimum absolute atomic E-state index is 0.191. The topological polar surface area (TPSA) is 21.3 Å². The van der Waals surface area contributed by atoms with Crippen LogP contribution in [0.3, 0.4) is 0 Å². The van der Waals surface area contributed by atoms with Crippen molar-refractivity contribution in [3.05, 3.63) is 27.7 Å². The fourth-order valence-electron chi connectivity index (χ4n) is 2.38. The zero-order valence-corrected chi connectivity index (χ0v) is 11.8. The molecule has 1 saturated heterocycles. The van der Waals surface area contributed by atoms with Crippen LogP contribution in [0.2, 0.25) is 0 Å². The lowest BCUT2D eigenvalue weighted by Gasteiger charge is -2.24. The van der Waals surface area contributed by atoms with Crippen molar-refractivity contribution in [1.29, 1.82) is 0 Å². The van der Waals surface area contributed by atoms with E-state index in [9.17, 15) is 8.78 Å². The minimum atomic E-state index is -0.839. The fraction of sp³-hybridized carbons (Fsp3) is 0.538. The van der Waals surface area contributed by atoms with Crippen molar-refractivity contribution in [3.63, 3.8) is 0 Å². The Balaban J connectivity index is 2.29. The number of methoxy groups -OCH3 is 1. The van der Waals surface area contributed by atoms with Crippen molar-refractivity contribution in [2.75, 3.05) is 13.7 Å². The number of halogens is 3. The van der Waals surface area contributed by atoms with Gasteiger partial charge in [0.25, 0.3) is 0 Å². The highest BCUT2D eigenvalue weighted by Crippen LogP contribution is 2.34. The van der Waals surface area contributed by atoms with Gasteiger partial charge >= 0.3 is 0 Å². The standard InChI is InChI=1S/C13H16BrF2NO/c1-18-13-9(6-8-4-2-3-5-17-8)12(16)11(15)7-10(13)14/h7-8,17H,2-6H2,1H3. The molecular weight excluding hydrogens is 304 g/mol. The third-order valence-corrected chi connectivity index (χ3v) is 3.88. The van der Waals surface area contributed by atoms with E-state index in [1.54, 1.807) is 0 Å². The van der Waals surface area contributed by atoms with Gasteiger partial charge in [0.05, 0.1) is 11.6 Å². The van der Waals surface area contributed by atoms with Crippen LogP contribution < -0.4 is 10.1 Å². The number of hydrogen-bond acceptors (Lipinski definition) is 2. The van der Waals surface area contributed by atoms with Gasteiger partial charge in [-0.15, -0.1) is 0 Å². The van der Waals surface area contributed by atoms with E-state index in [0.717, 1.165) is 31.9 Å². The first-order chi connectivity index (χ1) is 8.63. The quantitative estimate of drug-likeness (QED) is 0.862. The highest BCUT2D eigenvalue weighted by atomic mass is 79.9. The highest BCUT2D eigenvalue weighted by Gasteiger charge is 2.22. The molecule has 18 heavy (non-hydrogen) atoms. The molecule has 1 atom stereocenters. The molecule has 1 fully saturated rings. The molecule has 1 heterocycles. The van der Waals surface area contributed by atoms with Crippen LogP contribution in [0.25, 0.3) is 0 Å². The van der Waals surface area contributed by atoms with Gasteiger partial charge in [-0.2, -0.15) is 0 Å². The van der Waals surface area contributed by atoms with E-state index in [1.807, 2.05) is 0 Å². The maximum atomic E-state index is 13.9. The van der Waals surface area contributed by atoms with Crippen LogP contribution in [0, 0.1) is 11.6 Å². The number of rotatable bonds is 3. The van der Waals surface area contributed by atoms with Crippen LogP contribution in [0.4, 0.5) is 8.78 Å². The summed E-state index contributed by atoms with van der Waals surface area (Å²) in [5.41, 5.74) is 0.309. The maximum Gasteiger partial charge on any atom is 0.165 e. The Morgan fingerprint density at radius 1 is 1.44 bits per heavy atom. The summed E-state index contributed by atoms with van der Waals surface area (Å²) in [6.07, 6.45) is 3.70. The Kier molecular flexibility index (Phi) is 4.56. The largest absolute Gasteiger partial charge is 0.495 e. The summed E-state index contributed by atoms with van der Waals surface area (Å²) in [6.45, 7) is 0.936. The molecule has 0 radical (unpaired) electrons. The molecule has 1 aliphatic heterocycles. The Labute approximate surface area is 114 Å². The minimum Gasteiger partial charge on any atom is -0.495 e. The Morgan fingerprint density at radius 3 is 2.83 bits per heavy atom. The molecule has 1 aromatic rings. The number of hydrogen-bond donors (Lipinski definition) is 1. The van der Waals surface area contributed by atoms with Crippen LogP contribution in [-0.2, 0) is 6.42 Å². The monoisotopic (exact) mass is 319 g/mol. The highest BCUT2D eigenvalue weighted by molar-refractivity contribution is 9.10. The fourth-order valence-corrected chi connectivity index (χ4v) is 2.98. The summed E-state index contributed by atoms with van der Waals surface area (Å²) in [6, 6.07) is 1.29. The summed E-state index contributed by atoms with van der Waals surface area (Å²) in [4.78, 5) is 0. The second-order valence-electron chi connectivity index (χ2n) is 4.52. The molecule has 0 spiro atoms. The van der Waals surface area contributed by atoms with Gasteiger partial charge < -0.3 is 10.1 Å². The van der Waals surface area contributed by atoms with Crippen LogP contribution >= 0.6 is 15.9 Å². The predicted molar refractivity (Wildman–Crippen MR) is 70.0 cm³/mol. The SMILES string of the molecule is COc1c(Br)cc(F)c(F)c1CC1CCCCN1. The van der Waals surface area contributed by atoms with Crippen molar-refractivity contribution in [2.24, 2.45) is 0 Å². The van der Waals surface area contributed by atoms with Crippen molar-refractivity contribution < 1.29 is 13.5 Å². The van der Waals surface area contributed by atoms with E-state index in [0.29, 0.717) is 22.2 Å². The predicted octanol–water partition coefficient (Wildman–Crippen LogP) is 3.42. The van der Waals surface area contributed by atoms with Crippen molar-refractivity contribution >= 4 is 15.9 Å². The van der Waals surface area contributed by atoms with Gasteiger partial charge in [0.1, 0.15) is 5.75 Å². The first-order valence-corrected chi connectivity index (χ1v) is 6.86. The zero-order valence-electron chi connectivity index (χ0n) is 10.2. The van der Waals surface area contributed by atoms with Gasteiger partial charge in [-0.3, -0.25) is 0 Å². The molecule has 1 aromatic carbocycles. The Bertz CT molecular complexity index is 433. The van der Waals surface area contributed by atoms with Crippen molar-refractivity contribution in [1.82, 2.24) is 5.32 Å². The normalized spacial score (nSPS) is 19.9. The van der Waals surface area contributed by atoms with Crippen LogP contribution in [0.5, 0.6) is 5.75 Å². The molecule has 5 heteroatoms. The lowest BCUT2D eigenvalue weighted by atomic mass is 9.97. The number of nitrogens with one attached hydrogen (secondary N) is 1. The molecule has 100 valence electrons. The lowest BCUT2D eigenvalue weighted by Crippen LogP contribution is -2.36. The van der Waals surface area contributed by atoms with Crippen LogP contribution in [-0.4, -0.2) is 19.7 Å². The molecule has 1 N–H and O–H groups in total. The summed E-state index contributed by atoms with van der Waals surface area (Å²) < 4.78 is 32.9. The average molecular weight is 320 g/mol. The summed E-state index contributed by atoms with van der Waals surface area (Å²) in [7, 11) is 1.47. The average Bonchev–Trinajstić information content (AvgIpc) is 2.37. The molecular formula is C13H16BrF2NO. The molecule has 0 bridgehead atoms. The summed E-state index contributed by atoms with van der Waals surface area (Å²) >= 11 is 3.21. The molecule has 0 saturated carbocycles. The lowest BCUT2D eigenvalue weighted by molar-refractivity contribution is 0.367. The second kappa shape index (κ2) is 5.97. The molecule has 2 rings (SSSR count). The number of ether oxygens (including phenoxy) is 1. The van der Waals surface area contributed by atoms with Crippen LogP contribution in [0.15, 0.2) is 10.5 Å². The molecule has 1 aliphatic rings. The van der Waals surface area contributed by atoms with Crippen molar-refractivity contribution in [2.45, 2.75) is 31.7 Å². The third-order valence-electron chi connectivity index (χ3n) is 3.29.